The fraction of sp³-hybridized carbons (Fsp3) is 0.419. The molecule has 190 valence electrons. The molecule has 0 saturated carbocycles. The first-order valence-corrected chi connectivity index (χ1v) is 13.3. The second-order valence-electron chi connectivity index (χ2n) is 10.2. The number of aliphatic hydroxyl groups excluding tert-OH is 1. The van der Waals surface area contributed by atoms with E-state index < -0.39 is 6.29 Å². The Kier molecular flexibility index (Phi) is 8.15. The molecular weight excluding hydrogens is 448 g/mol. The van der Waals surface area contributed by atoms with Crippen LogP contribution < -0.4 is 5.73 Å². The van der Waals surface area contributed by atoms with Crippen LogP contribution in [-0.2, 0) is 22.6 Å². The van der Waals surface area contributed by atoms with Crippen molar-refractivity contribution in [1.29, 1.82) is 0 Å². The van der Waals surface area contributed by atoms with E-state index in [1.165, 1.54) is 19.3 Å². The molecule has 0 spiro atoms. The molecule has 5 heteroatoms. The largest absolute Gasteiger partial charge is 0.392 e. The van der Waals surface area contributed by atoms with Gasteiger partial charge in [0, 0.05) is 24.6 Å². The van der Waals surface area contributed by atoms with Gasteiger partial charge in [-0.2, -0.15) is 0 Å². The molecule has 0 unspecified atom stereocenters. The normalized spacial score (nSPS) is 25.1. The fourth-order valence-electron chi connectivity index (χ4n) is 5.44. The van der Waals surface area contributed by atoms with Crippen molar-refractivity contribution in [1.82, 2.24) is 4.90 Å². The summed E-state index contributed by atoms with van der Waals surface area (Å²) in [4.78, 5) is 2.55. The maximum Gasteiger partial charge on any atom is 0.184 e. The zero-order valence-corrected chi connectivity index (χ0v) is 21.2. The van der Waals surface area contributed by atoms with Crippen LogP contribution >= 0.6 is 0 Å². The first-order valence-electron chi connectivity index (χ1n) is 13.3. The molecule has 4 atom stereocenters. The summed E-state index contributed by atoms with van der Waals surface area (Å²) < 4.78 is 13.3. The zero-order chi connectivity index (χ0) is 24.9. The number of rotatable bonds is 7. The predicted octanol–water partition coefficient (Wildman–Crippen LogP) is 5.58. The van der Waals surface area contributed by atoms with Crippen LogP contribution in [0.1, 0.15) is 60.8 Å². The number of aliphatic hydroxyl groups is 1. The number of nitrogens with two attached hydrogens (primary N) is 1. The lowest BCUT2D eigenvalue weighted by Gasteiger charge is -2.43. The molecule has 5 rings (SSSR count). The number of piperidine rings is 1. The average Bonchev–Trinajstić information content (AvgIpc) is 2.95. The molecule has 0 radical (unpaired) electrons. The van der Waals surface area contributed by atoms with Gasteiger partial charge in [0.1, 0.15) is 0 Å². The third kappa shape index (κ3) is 5.72. The Morgan fingerprint density at radius 1 is 0.833 bits per heavy atom. The van der Waals surface area contributed by atoms with Gasteiger partial charge in [0.25, 0.3) is 0 Å². The van der Waals surface area contributed by atoms with Gasteiger partial charge in [-0.1, -0.05) is 80.1 Å². The Balaban J connectivity index is 1.39. The number of likely N-dealkylation sites (tertiary alicyclic amines) is 1. The van der Waals surface area contributed by atoms with Gasteiger partial charge in [-0.25, -0.2) is 0 Å². The molecule has 36 heavy (non-hydrogen) atoms. The Hall–Kier alpha value is -2.54. The number of benzene rings is 3. The van der Waals surface area contributed by atoms with E-state index in [0.29, 0.717) is 6.54 Å². The molecule has 2 heterocycles. The van der Waals surface area contributed by atoms with Crippen LogP contribution in [0.15, 0.2) is 72.8 Å². The highest BCUT2D eigenvalue weighted by molar-refractivity contribution is 5.64. The second kappa shape index (κ2) is 11.7. The van der Waals surface area contributed by atoms with Crippen LogP contribution in [0.25, 0.3) is 11.1 Å². The van der Waals surface area contributed by atoms with Crippen LogP contribution in [0.4, 0.5) is 0 Å². The van der Waals surface area contributed by atoms with Crippen LogP contribution in [0.5, 0.6) is 0 Å². The Morgan fingerprint density at radius 3 is 2.25 bits per heavy atom. The predicted molar refractivity (Wildman–Crippen MR) is 143 cm³/mol. The average molecular weight is 487 g/mol. The minimum Gasteiger partial charge on any atom is -0.392 e. The van der Waals surface area contributed by atoms with Crippen molar-refractivity contribution in [2.45, 2.75) is 57.8 Å². The van der Waals surface area contributed by atoms with E-state index in [4.69, 9.17) is 15.2 Å². The topological polar surface area (TPSA) is 68.0 Å². The van der Waals surface area contributed by atoms with Gasteiger partial charge in [-0.3, -0.25) is 0 Å². The van der Waals surface area contributed by atoms with Gasteiger partial charge >= 0.3 is 0 Å². The van der Waals surface area contributed by atoms with Gasteiger partial charge in [0.2, 0.25) is 0 Å². The zero-order valence-electron chi connectivity index (χ0n) is 21.2. The van der Waals surface area contributed by atoms with E-state index >= 15 is 0 Å². The molecule has 3 N–H and O–H groups in total. The highest BCUT2D eigenvalue weighted by Gasteiger charge is 2.39. The molecule has 0 amide bonds. The van der Waals surface area contributed by atoms with E-state index in [1.54, 1.807) is 0 Å². The third-order valence-electron chi connectivity index (χ3n) is 7.69. The summed E-state index contributed by atoms with van der Waals surface area (Å²) in [7, 11) is 0. The molecule has 0 aromatic heterocycles. The smallest absolute Gasteiger partial charge is 0.184 e. The van der Waals surface area contributed by atoms with Gasteiger partial charge in [0.15, 0.2) is 6.29 Å². The first-order chi connectivity index (χ1) is 17.6. The maximum absolute atomic E-state index is 9.48. The summed E-state index contributed by atoms with van der Waals surface area (Å²) in [5, 5.41) is 9.48. The molecule has 0 bridgehead atoms. The number of hydrogen-bond acceptors (Lipinski definition) is 5. The van der Waals surface area contributed by atoms with E-state index in [1.807, 2.05) is 12.1 Å². The van der Waals surface area contributed by atoms with Crippen LogP contribution in [0, 0.1) is 5.92 Å². The van der Waals surface area contributed by atoms with Crippen LogP contribution in [-0.4, -0.2) is 35.7 Å². The standard InChI is InChI=1S/C31H38N2O3/c1-22-29(20-33-16-3-2-4-17-33)35-31(36-30(22)26-10-8-23(21-34)9-11-26)27-14-12-25(13-15-27)28-7-5-6-24(18-28)19-32/h5-15,18,22,29-31,34H,2-4,16-17,19-21,32H2,1H3/t22-,29+,30+,31+/m0/s1. The lowest BCUT2D eigenvalue weighted by Crippen LogP contribution is -2.45. The molecule has 2 saturated heterocycles. The minimum absolute atomic E-state index is 0.0468. The van der Waals surface area contributed by atoms with Crippen molar-refractivity contribution in [3.8, 4) is 11.1 Å². The highest BCUT2D eigenvalue weighted by Crippen LogP contribution is 2.42. The van der Waals surface area contributed by atoms with Crippen LogP contribution in [0.2, 0.25) is 0 Å². The van der Waals surface area contributed by atoms with E-state index in [2.05, 4.69) is 72.5 Å². The summed E-state index contributed by atoms with van der Waals surface area (Å²) in [5.41, 5.74) is 12.3. The first kappa shape index (κ1) is 25.1. The highest BCUT2D eigenvalue weighted by atomic mass is 16.7. The van der Waals surface area contributed by atoms with Crippen molar-refractivity contribution < 1.29 is 14.6 Å². The molecule has 2 aliphatic heterocycles. The molecule has 5 nitrogen and oxygen atoms in total. The van der Waals surface area contributed by atoms with Crippen LogP contribution in [0.3, 0.4) is 0 Å². The molecular formula is C31H38N2O3. The van der Waals surface area contributed by atoms with Crippen molar-refractivity contribution in [2.24, 2.45) is 11.7 Å². The van der Waals surface area contributed by atoms with Crippen molar-refractivity contribution in [3.63, 3.8) is 0 Å². The molecule has 3 aromatic carbocycles. The summed E-state index contributed by atoms with van der Waals surface area (Å²) in [5.74, 6) is 0.210. The van der Waals surface area contributed by atoms with Crippen molar-refractivity contribution in [2.75, 3.05) is 19.6 Å². The van der Waals surface area contributed by atoms with E-state index in [9.17, 15) is 5.11 Å². The SMILES string of the molecule is C[C@H]1[C@@H](CN2CCCCC2)O[C@@H](c2ccc(-c3cccc(CN)c3)cc2)O[C@H]1c1ccc(CO)cc1. The summed E-state index contributed by atoms with van der Waals surface area (Å²) in [6.07, 6.45) is 3.42. The van der Waals surface area contributed by atoms with Gasteiger partial charge < -0.3 is 25.2 Å². The van der Waals surface area contributed by atoms with Gasteiger partial charge in [-0.05, 0) is 59.8 Å². The van der Waals surface area contributed by atoms with E-state index in [0.717, 1.165) is 53.0 Å². The molecule has 0 aliphatic carbocycles. The van der Waals surface area contributed by atoms with E-state index in [-0.39, 0.29) is 24.7 Å². The fourth-order valence-corrected chi connectivity index (χ4v) is 5.44. The lowest BCUT2D eigenvalue weighted by molar-refractivity contribution is -0.276. The molecule has 2 fully saturated rings. The minimum atomic E-state index is -0.428. The number of nitrogens with zero attached hydrogens (tertiary/aromatic N) is 1. The Morgan fingerprint density at radius 2 is 1.56 bits per heavy atom. The number of ether oxygens (including phenoxy) is 2. The molecule has 2 aliphatic rings. The van der Waals surface area contributed by atoms with Gasteiger partial charge in [-0.15, -0.1) is 0 Å². The molecule has 3 aromatic rings. The third-order valence-corrected chi connectivity index (χ3v) is 7.69. The summed E-state index contributed by atoms with van der Waals surface area (Å²) >= 11 is 0. The van der Waals surface area contributed by atoms with Gasteiger partial charge in [0.05, 0.1) is 18.8 Å². The Labute approximate surface area is 214 Å². The van der Waals surface area contributed by atoms with Crippen molar-refractivity contribution in [3.05, 3.63) is 95.1 Å². The van der Waals surface area contributed by atoms with Crippen molar-refractivity contribution >= 4 is 0 Å². The number of hydrogen-bond donors (Lipinski definition) is 2. The Bertz CT molecular complexity index is 1110. The maximum atomic E-state index is 9.48. The summed E-state index contributed by atoms with van der Waals surface area (Å²) in [6.45, 7) is 6.03. The monoisotopic (exact) mass is 486 g/mol. The summed E-state index contributed by atoms with van der Waals surface area (Å²) in [6, 6.07) is 25.0. The quantitative estimate of drug-likeness (QED) is 0.456. The second-order valence-corrected chi connectivity index (χ2v) is 10.2. The lowest BCUT2D eigenvalue weighted by atomic mass is 9.89.